The third-order valence-electron chi connectivity index (χ3n) is 4.41. The molecule has 22 heavy (non-hydrogen) atoms. The molecule has 3 N–H and O–H groups in total. The monoisotopic (exact) mass is 294 g/mol. The van der Waals surface area contributed by atoms with Gasteiger partial charge in [-0.05, 0) is 55.0 Å². The highest BCUT2D eigenvalue weighted by Crippen LogP contribution is 2.45. The molecule has 0 amide bonds. The second-order valence-corrected chi connectivity index (χ2v) is 5.63. The van der Waals surface area contributed by atoms with Gasteiger partial charge in [-0.15, -0.1) is 0 Å². The van der Waals surface area contributed by atoms with Crippen molar-refractivity contribution < 1.29 is 15.3 Å². The van der Waals surface area contributed by atoms with Gasteiger partial charge in [0.2, 0.25) is 0 Å². The normalized spacial score (nSPS) is 11.0. The van der Waals surface area contributed by atoms with Crippen LogP contribution in [0.2, 0.25) is 0 Å². The Morgan fingerprint density at radius 3 is 1.91 bits per heavy atom. The number of hydrogen-bond donors (Lipinski definition) is 3. The fourth-order valence-corrected chi connectivity index (χ4v) is 2.95. The van der Waals surface area contributed by atoms with E-state index in [0.717, 1.165) is 16.3 Å². The van der Waals surface area contributed by atoms with E-state index in [0.29, 0.717) is 22.3 Å². The van der Waals surface area contributed by atoms with Crippen LogP contribution in [-0.2, 0) is 0 Å². The maximum atomic E-state index is 10.6. The minimum atomic E-state index is 0.170. The molecule has 3 aromatic rings. The Kier molecular flexibility index (Phi) is 3.21. The first-order valence-electron chi connectivity index (χ1n) is 7.16. The molecule has 0 fully saturated rings. The Balaban J connectivity index is 2.46. The van der Waals surface area contributed by atoms with Crippen LogP contribution in [0.25, 0.3) is 21.9 Å². The summed E-state index contributed by atoms with van der Waals surface area (Å²) in [5, 5.41) is 32.5. The van der Waals surface area contributed by atoms with Crippen molar-refractivity contribution in [2.75, 3.05) is 0 Å². The van der Waals surface area contributed by atoms with Crippen molar-refractivity contribution in [1.82, 2.24) is 0 Å². The van der Waals surface area contributed by atoms with E-state index in [1.54, 1.807) is 32.9 Å². The van der Waals surface area contributed by atoms with E-state index in [1.165, 1.54) is 0 Å². The molecule has 0 aliphatic heterocycles. The molecule has 0 aromatic heterocycles. The number of benzene rings is 3. The van der Waals surface area contributed by atoms with E-state index in [1.807, 2.05) is 24.3 Å². The van der Waals surface area contributed by atoms with Gasteiger partial charge in [0.1, 0.15) is 17.2 Å². The molecule has 3 rings (SSSR count). The second-order valence-electron chi connectivity index (χ2n) is 5.63. The Labute approximate surface area is 129 Å². The molecule has 3 aromatic carbocycles. The lowest BCUT2D eigenvalue weighted by Gasteiger charge is -2.17. The van der Waals surface area contributed by atoms with Crippen LogP contribution in [-0.4, -0.2) is 15.3 Å². The van der Waals surface area contributed by atoms with E-state index in [4.69, 9.17) is 0 Å². The Bertz CT molecular complexity index is 866. The molecular formula is C19H18O3. The highest BCUT2D eigenvalue weighted by atomic mass is 16.3. The molecule has 112 valence electrons. The third-order valence-corrected chi connectivity index (χ3v) is 4.41. The molecule has 0 aliphatic carbocycles. The van der Waals surface area contributed by atoms with Gasteiger partial charge in [0.25, 0.3) is 0 Å². The smallest absolute Gasteiger partial charge is 0.127 e. The Morgan fingerprint density at radius 2 is 1.23 bits per heavy atom. The molecule has 0 unspecified atom stereocenters. The average Bonchev–Trinajstić information content (AvgIpc) is 2.53. The zero-order valence-corrected chi connectivity index (χ0v) is 12.8. The van der Waals surface area contributed by atoms with Gasteiger partial charge in [-0.1, -0.05) is 24.3 Å². The van der Waals surface area contributed by atoms with Gasteiger partial charge < -0.3 is 15.3 Å². The summed E-state index contributed by atoms with van der Waals surface area (Å²) in [6, 6.07) is 10.9. The Morgan fingerprint density at radius 1 is 0.636 bits per heavy atom. The Hall–Kier alpha value is -2.68. The largest absolute Gasteiger partial charge is 0.507 e. The minimum Gasteiger partial charge on any atom is -0.507 e. The predicted molar refractivity (Wildman–Crippen MR) is 88.6 cm³/mol. The van der Waals surface area contributed by atoms with Crippen LogP contribution in [0.3, 0.4) is 0 Å². The summed E-state index contributed by atoms with van der Waals surface area (Å²) in [6.07, 6.45) is 0. The zero-order valence-electron chi connectivity index (χ0n) is 12.8. The maximum Gasteiger partial charge on any atom is 0.127 e. The fourth-order valence-electron chi connectivity index (χ4n) is 2.95. The topological polar surface area (TPSA) is 60.7 Å². The summed E-state index contributed by atoms with van der Waals surface area (Å²) in [6.45, 7) is 5.37. The van der Waals surface area contributed by atoms with Crippen molar-refractivity contribution in [1.29, 1.82) is 0 Å². The molecule has 0 aliphatic rings. The maximum absolute atomic E-state index is 10.6. The summed E-state index contributed by atoms with van der Waals surface area (Å²) in [7, 11) is 0. The lowest BCUT2D eigenvalue weighted by molar-refractivity contribution is 0.451. The third kappa shape index (κ3) is 1.90. The van der Waals surface area contributed by atoms with Crippen molar-refractivity contribution in [2.45, 2.75) is 20.8 Å². The van der Waals surface area contributed by atoms with Crippen LogP contribution in [0.4, 0.5) is 0 Å². The first kappa shape index (κ1) is 14.3. The van der Waals surface area contributed by atoms with Crippen LogP contribution in [0.1, 0.15) is 16.7 Å². The summed E-state index contributed by atoms with van der Waals surface area (Å²) < 4.78 is 0. The number of phenolic OH excluding ortho intramolecular Hbond substituents is 3. The highest BCUT2D eigenvalue weighted by Gasteiger charge is 2.19. The molecule has 0 bridgehead atoms. The van der Waals surface area contributed by atoms with E-state index in [2.05, 4.69) is 0 Å². The quantitative estimate of drug-likeness (QED) is 0.577. The van der Waals surface area contributed by atoms with E-state index >= 15 is 0 Å². The highest BCUT2D eigenvalue weighted by molar-refractivity contribution is 6.02. The van der Waals surface area contributed by atoms with Gasteiger partial charge in [0, 0.05) is 16.5 Å². The van der Waals surface area contributed by atoms with Crippen molar-refractivity contribution >= 4 is 10.8 Å². The molecule has 0 saturated heterocycles. The van der Waals surface area contributed by atoms with Crippen LogP contribution < -0.4 is 0 Å². The average molecular weight is 294 g/mol. The lowest BCUT2D eigenvalue weighted by Crippen LogP contribution is -1.93. The van der Waals surface area contributed by atoms with Gasteiger partial charge in [0.05, 0.1) is 0 Å². The first-order valence-corrected chi connectivity index (χ1v) is 7.16. The summed E-state index contributed by atoms with van der Waals surface area (Å²) in [5.41, 5.74) is 3.38. The molecular weight excluding hydrogens is 276 g/mol. The zero-order chi connectivity index (χ0) is 16.0. The SMILES string of the molecule is Cc1c(C)c(O)c(-c2ccc(O)c3ccccc23)c(C)c1O. The summed E-state index contributed by atoms with van der Waals surface area (Å²) in [5.74, 6) is 0.565. The number of rotatable bonds is 1. The molecule has 0 radical (unpaired) electrons. The van der Waals surface area contributed by atoms with Crippen molar-refractivity contribution in [3.05, 3.63) is 53.1 Å². The lowest BCUT2D eigenvalue weighted by atomic mass is 9.90. The number of aromatic hydroxyl groups is 3. The van der Waals surface area contributed by atoms with Crippen LogP contribution in [0.5, 0.6) is 17.2 Å². The van der Waals surface area contributed by atoms with Crippen LogP contribution >= 0.6 is 0 Å². The second kappa shape index (κ2) is 4.95. The van der Waals surface area contributed by atoms with Crippen LogP contribution in [0, 0.1) is 20.8 Å². The summed E-state index contributed by atoms with van der Waals surface area (Å²) >= 11 is 0. The van der Waals surface area contributed by atoms with Crippen molar-refractivity contribution in [2.24, 2.45) is 0 Å². The molecule has 0 atom stereocenters. The van der Waals surface area contributed by atoms with Gasteiger partial charge in [-0.2, -0.15) is 0 Å². The van der Waals surface area contributed by atoms with Gasteiger partial charge in [-0.25, -0.2) is 0 Å². The van der Waals surface area contributed by atoms with E-state index < -0.39 is 0 Å². The molecule has 3 nitrogen and oxygen atoms in total. The van der Waals surface area contributed by atoms with Gasteiger partial charge in [-0.3, -0.25) is 0 Å². The number of fused-ring (bicyclic) bond motifs is 1. The van der Waals surface area contributed by atoms with E-state index in [-0.39, 0.29) is 17.2 Å². The first-order chi connectivity index (χ1) is 10.4. The van der Waals surface area contributed by atoms with Crippen molar-refractivity contribution in [3.63, 3.8) is 0 Å². The van der Waals surface area contributed by atoms with Gasteiger partial charge >= 0.3 is 0 Å². The van der Waals surface area contributed by atoms with E-state index in [9.17, 15) is 15.3 Å². The van der Waals surface area contributed by atoms with Crippen molar-refractivity contribution in [3.8, 4) is 28.4 Å². The number of phenols is 3. The molecule has 3 heteroatoms. The predicted octanol–water partition coefficient (Wildman–Crippen LogP) is 4.55. The molecule has 0 heterocycles. The minimum absolute atomic E-state index is 0.170. The molecule has 0 spiro atoms. The van der Waals surface area contributed by atoms with Crippen LogP contribution in [0.15, 0.2) is 36.4 Å². The standard InChI is InChI=1S/C19H18O3/c1-10-11(2)19(22)17(12(3)18(10)21)15-8-9-16(20)14-7-5-4-6-13(14)15/h4-9,20-22H,1-3H3. The number of hydrogen-bond acceptors (Lipinski definition) is 3. The molecule has 0 saturated carbocycles. The fraction of sp³-hybridized carbons (Fsp3) is 0.158. The summed E-state index contributed by atoms with van der Waals surface area (Å²) in [4.78, 5) is 0. The van der Waals surface area contributed by atoms with Gasteiger partial charge in [0.15, 0.2) is 0 Å².